The van der Waals surface area contributed by atoms with Gasteiger partial charge in [0.05, 0.1) is 6.61 Å². The average molecular weight is 421 g/mol. The van der Waals surface area contributed by atoms with Crippen LogP contribution >= 0.6 is 0 Å². The number of hydrogen-bond acceptors (Lipinski definition) is 7. The van der Waals surface area contributed by atoms with Crippen molar-refractivity contribution in [1.29, 1.82) is 0 Å². The molecular weight excluding hydrogens is 388 g/mol. The fraction of sp³-hybridized carbons (Fsp3) is 0.375. The molecule has 3 aromatic rings. The summed E-state index contributed by atoms with van der Waals surface area (Å²) in [4.78, 5) is 15.5. The lowest BCUT2D eigenvalue weighted by Gasteiger charge is -2.28. The Morgan fingerprint density at radius 3 is 2.39 bits per heavy atom. The Balaban J connectivity index is 1.77. The minimum Gasteiger partial charge on any atom is -0.394 e. The highest BCUT2D eigenvalue weighted by molar-refractivity contribution is 5.65. The van der Waals surface area contributed by atoms with Gasteiger partial charge in [-0.2, -0.15) is 0 Å². The Morgan fingerprint density at radius 1 is 1.00 bits per heavy atom. The smallest absolute Gasteiger partial charge is 0.138 e. The molecule has 7 nitrogen and oxygen atoms in total. The Kier molecular flexibility index (Phi) is 7.41. The number of aromatic nitrogens is 3. The van der Waals surface area contributed by atoms with E-state index in [-0.39, 0.29) is 18.7 Å². The van der Waals surface area contributed by atoms with E-state index >= 15 is 0 Å². The number of aryl methyl sites for hydroxylation is 2. The molecule has 3 N–H and O–H groups in total. The van der Waals surface area contributed by atoms with Crippen LogP contribution in [0, 0.1) is 13.8 Å². The number of nitrogens with zero attached hydrogens (tertiary/aromatic N) is 4. The highest BCUT2D eigenvalue weighted by Gasteiger charge is 2.16. The van der Waals surface area contributed by atoms with Crippen LogP contribution in [0.5, 0.6) is 0 Å². The second-order valence-electron chi connectivity index (χ2n) is 8.11. The molecule has 1 aromatic carbocycles. The number of rotatable bonds is 9. The summed E-state index contributed by atoms with van der Waals surface area (Å²) in [6.45, 7) is 11.1. The molecule has 0 radical (unpaired) electrons. The molecule has 0 fully saturated rings. The number of hydrogen-bond donors (Lipinski definition) is 3. The first kappa shape index (κ1) is 22.5. The minimum atomic E-state index is 0.00918. The zero-order chi connectivity index (χ0) is 22.4. The molecule has 164 valence electrons. The quantitative estimate of drug-likeness (QED) is 0.472. The molecule has 0 aliphatic heterocycles. The summed E-state index contributed by atoms with van der Waals surface area (Å²) in [6.07, 6.45) is 3.50. The highest BCUT2D eigenvalue weighted by atomic mass is 16.3. The molecule has 0 aliphatic rings. The van der Waals surface area contributed by atoms with Crippen molar-refractivity contribution >= 4 is 23.0 Å². The van der Waals surface area contributed by atoms with Crippen molar-refractivity contribution in [3.8, 4) is 0 Å². The van der Waals surface area contributed by atoms with E-state index < -0.39 is 0 Å². The van der Waals surface area contributed by atoms with E-state index in [1.54, 1.807) is 6.33 Å². The topological polar surface area (TPSA) is 86.2 Å². The van der Waals surface area contributed by atoms with Gasteiger partial charge >= 0.3 is 0 Å². The third kappa shape index (κ3) is 5.92. The van der Waals surface area contributed by atoms with Gasteiger partial charge in [0.2, 0.25) is 0 Å². The van der Waals surface area contributed by atoms with Crippen molar-refractivity contribution < 1.29 is 5.11 Å². The zero-order valence-electron chi connectivity index (χ0n) is 18.9. The van der Waals surface area contributed by atoms with Crippen LogP contribution < -0.4 is 15.5 Å². The van der Waals surface area contributed by atoms with Crippen LogP contribution in [0.3, 0.4) is 0 Å². The van der Waals surface area contributed by atoms with Gasteiger partial charge < -0.3 is 20.6 Å². The van der Waals surface area contributed by atoms with Crippen molar-refractivity contribution in [1.82, 2.24) is 15.0 Å². The lowest BCUT2D eigenvalue weighted by Crippen LogP contribution is -2.26. The summed E-state index contributed by atoms with van der Waals surface area (Å²) in [6, 6.07) is 12.4. The van der Waals surface area contributed by atoms with Crippen LogP contribution in [0.15, 0.2) is 48.9 Å². The predicted octanol–water partition coefficient (Wildman–Crippen LogP) is 4.44. The van der Waals surface area contributed by atoms with Crippen molar-refractivity contribution in [3.05, 3.63) is 65.7 Å². The molecule has 0 saturated carbocycles. The monoisotopic (exact) mass is 420 g/mol. The van der Waals surface area contributed by atoms with Crippen molar-refractivity contribution in [2.24, 2.45) is 0 Å². The lowest BCUT2D eigenvalue weighted by atomic mass is 10.1. The third-order valence-corrected chi connectivity index (χ3v) is 5.06. The van der Waals surface area contributed by atoms with E-state index in [1.165, 1.54) is 5.56 Å². The molecule has 1 atom stereocenters. The molecule has 0 amide bonds. The van der Waals surface area contributed by atoms with Crippen LogP contribution in [0.1, 0.15) is 37.6 Å². The first-order valence-corrected chi connectivity index (χ1v) is 10.6. The fourth-order valence-electron chi connectivity index (χ4n) is 3.41. The molecule has 0 unspecified atom stereocenters. The number of anilines is 4. The van der Waals surface area contributed by atoms with Crippen LogP contribution in [0.4, 0.5) is 23.0 Å². The third-order valence-electron chi connectivity index (χ3n) is 5.06. The molecule has 2 heterocycles. The number of benzene rings is 1. The summed E-state index contributed by atoms with van der Waals surface area (Å²) < 4.78 is 0. The molecule has 0 bridgehead atoms. The largest absolute Gasteiger partial charge is 0.394 e. The van der Waals surface area contributed by atoms with Crippen LogP contribution in [-0.4, -0.2) is 38.7 Å². The van der Waals surface area contributed by atoms with Gasteiger partial charge in [0.15, 0.2) is 0 Å². The van der Waals surface area contributed by atoms with Gasteiger partial charge in [0.1, 0.15) is 18.0 Å². The van der Waals surface area contributed by atoms with Gasteiger partial charge in [-0.25, -0.2) is 9.97 Å². The second kappa shape index (κ2) is 10.2. The van der Waals surface area contributed by atoms with Crippen molar-refractivity contribution in [2.45, 2.75) is 53.2 Å². The van der Waals surface area contributed by atoms with E-state index in [0.29, 0.717) is 6.54 Å². The first-order chi connectivity index (χ1) is 14.9. The lowest BCUT2D eigenvalue weighted by molar-refractivity contribution is 0.281. The van der Waals surface area contributed by atoms with E-state index in [9.17, 15) is 5.11 Å². The van der Waals surface area contributed by atoms with E-state index in [2.05, 4.69) is 69.5 Å². The summed E-state index contributed by atoms with van der Waals surface area (Å²) in [5.41, 5.74) is 5.39. The number of pyridine rings is 1. The van der Waals surface area contributed by atoms with Gasteiger partial charge in [-0.05, 0) is 76.1 Å². The maximum absolute atomic E-state index is 9.24. The van der Waals surface area contributed by atoms with Gasteiger partial charge in [-0.3, -0.25) is 4.98 Å². The zero-order valence-corrected chi connectivity index (χ0v) is 18.9. The van der Waals surface area contributed by atoms with Gasteiger partial charge in [-0.1, -0.05) is 0 Å². The molecule has 0 spiro atoms. The maximum atomic E-state index is 9.24. The van der Waals surface area contributed by atoms with Crippen molar-refractivity contribution in [2.75, 3.05) is 22.1 Å². The van der Waals surface area contributed by atoms with Gasteiger partial charge in [0, 0.05) is 48.0 Å². The average Bonchev–Trinajstić information content (AvgIpc) is 2.74. The van der Waals surface area contributed by atoms with Crippen LogP contribution in [0.25, 0.3) is 0 Å². The highest BCUT2D eigenvalue weighted by Crippen LogP contribution is 2.28. The first-order valence-electron chi connectivity index (χ1n) is 10.6. The number of aliphatic hydroxyl groups is 1. The standard InChI is InChI=1S/C24H32N6O/c1-16(2)30(22-8-6-21(7-9-22)29-19(5)14-31)24-11-23(27-15-28-24)26-13-20-12-25-18(4)10-17(20)3/h6-12,15-16,19,29,31H,13-14H2,1-5H3,(H,26,27,28)/t19-/m1/s1. The summed E-state index contributed by atoms with van der Waals surface area (Å²) in [5.74, 6) is 1.60. The molecule has 7 heteroatoms. The van der Waals surface area contributed by atoms with E-state index in [4.69, 9.17) is 0 Å². The molecule has 3 rings (SSSR count). The Labute approximate surface area is 184 Å². The van der Waals surface area contributed by atoms with Crippen LogP contribution in [0.2, 0.25) is 0 Å². The van der Waals surface area contributed by atoms with Gasteiger partial charge in [-0.15, -0.1) is 0 Å². The Morgan fingerprint density at radius 2 is 1.74 bits per heavy atom. The fourth-order valence-corrected chi connectivity index (χ4v) is 3.41. The minimum absolute atomic E-state index is 0.00918. The summed E-state index contributed by atoms with van der Waals surface area (Å²) in [5, 5.41) is 15.9. The van der Waals surface area contributed by atoms with Gasteiger partial charge in [0.25, 0.3) is 0 Å². The molecule has 2 aromatic heterocycles. The predicted molar refractivity (Wildman–Crippen MR) is 127 cm³/mol. The molecule has 0 saturated heterocycles. The maximum Gasteiger partial charge on any atom is 0.138 e. The second-order valence-corrected chi connectivity index (χ2v) is 8.11. The van der Waals surface area contributed by atoms with Crippen molar-refractivity contribution in [3.63, 3.8) is 0 Å². The Hall–Kier alpha value is -3.19. The van der Waals surface area contributed by atoms with E-state index in [0.717, 1.165) is 34.3 Å². The molecular formula is C24H32N6O. The van der Waals surface area contributed by atoms with E-state index in [1.807, 2.05) is 38.2 Å². The number of aliphatic hydroxyl groups excluding tert-OH is 1. The summed E-state index contributed by atoms with van der Waals surface area (Å²) in [7, 11) is 0. The number of nitrogens with one attached hydrogen (secondary N) is 2. The normalized spacial score (nSPS) is 12.0. The summed E-state index contributed by atoms with van der Waals surface area (Å²) >= 11 is 0. The molecule has 31 heavy (non-hydrogen) atoms. The molecule has 0 aliphatic carbocycles. The van der Waals surface area contributed by atoms with Crippen LogP contribution in [-0.2, 0) is 6.54 Å². The Bertz CT molecular complexity index is 990. The SMILES string of the molecule is Cc1cc(C)c(CNc2cc(N(c3ccc(N[C@H](C)CO)cc3)C(C)C)ncn2)cn1.